The van der Waals surface area contributed by atoms with Crippen molar-refractivity contribution >= 4 is 41.5 Å². The van der Waals surface area contributed by atoms with Crippen LogP contribution in [-0.2, 0) is 0 Å². The average Bonchev–Trinajstić information content (AvgIpc) is 3.57. The van der Waals surface area contributed by atoms with Crippen LogP contribution in [0.4, 0.5) is 10.1 Å². The van der Waals surface area contributed by atoms with E-state index in [2.05, 4.69) is 18.7 Å². The number of anilines is 1. The number of hydrogen-bond acceptors (Lipinski definition) is 5. The summed E-state index contributed by atoms with van der Waals surface area (Å²) in [5, 5.41) is 4.68. The number of nitrogen functional groups attached to an aromatic ring is 1. The molecule has 9 heteroatoms. The normalized spacial score (nSPS) is 18.4. The third-order valence-corrected chi connectivity index (χ3v) is 6.40. The van der Waals surface area contributed by atoms with Gasteiger partial charge in [0, 0.05) is 29.9 Å². The summed E-state index contributed by atoms with van der Waals surface area (Å²) in [5.74, 6) is -0.494. The molecule has 2 aliphatic rings. The van der Waals surface area contributed by atoms with Crippen LogP contribution in [0.1, 0.15) is 71.5 Å². The molecule has 0 bridgehead atoms. The molecule has 1 saturated heterocycles. The van der Waals surface area contributed by atoms with Gasteiger partial charge in [0.15, 0.2) is 11.5 Å². The smallest absolute Gasteiger partial charge is 0.256 e. The first-order chi connectivity index (χ1) is 15.4. The van der Waals surface area contributed by atoms with Crippen molar-refractivity contribution in [1.82, 2.24) is 19.5 Å². The lowest BCUT2D eigenvalue weighted by atomic mass is 9.98. The molecule has 3 heterocycles. The van der Waals surface area contributed by atoms with Gasteiger partial charge in [0.25, 0.3) is 5.91 Å². The Labute approximate surface area is 197 Å². The number of likely N-dealkylation sites (tertiary alicyclic amines) is 1. The summed E-state index contributed by atoms with van der Waals surface area (Å²) < 4.78 is 16.0. The van der Waals surface area contributed by atoms with E-state index < -0.39 is 5.82 Å². The molecule has 170 valence electrons. The number of hydrogen-bond donors (Lipinski definition) is 2. The van der Waals surface area contributed by atoms with Crippen LogP contribution < -0.4 is 5.73 Å². The second-order valence-corrected chi connectivity index (χ2v) is 8.68. The zero-order valence-corrected chi connectivity index (χ0v) is 19.8. The fourth-order valence-corrected chi connectivity index (χ4v) is 4.47. The Morgan fingerprint density at radius 1 is 1.19 bits per heavy atom. The lowest BCUT2D eigenvalue weighted by molar-refractivity contribution is 0.0606. The Morgan fingerprint density at radius 2 is 1.94 bits per heavy atom. The Hall–Kier alpha value is -2.32. The predicted molar refractivity (Wildman–Crippen MR) is 128 cm³/mol. The van der Waals surface area contributed by atoms with Crippen LogP contribution in [0.2, 0.25) is 5.02 Å². The number of fused-ring (bicyclic) bond motifs is 1. The molecule has 1 aliphatic heterocycles. The maximum Gasteiger partial charge on any atom is 0.256 e. The van der Waals surface area contributed by atoms with Crippen LogP contribution in [0, 0.1) is 12.7 Å². The van der Waals surface area contributed by atoms with Crippen molar-refractivity contribution < 1.29 is 9.18 Å². The Morgan fingerprint density at radius 3 is 2.66 bits per heavy atom. The molecule has 2 fully saturated rings. The summed E-state index contributed by atoms with van der Waals surface area (Å²) in [6.45, 7) is 2.60. The number of thiol groups is 1. The topological polar surface area (TPSA) is 76.5 Å². The van der Waals surface area contributed by atoms with E-state index in [1.165, 1.54) is 25.0 Å². The summed E-state index contributed by atoms with van der Waals surface area (Å²) in [5.41, 5.74) is 9.56. The molecule has 2 N–H and O–H groups in total. The van der Waals surface area contributed by atoms with Crippen LogP contribution >= 0.6 is 24.2 Å². The molecule has 6 nitrogen and oxygen atoms in total. The lowest BCUT2D eigenvalue weighted by Gasteiger charge is -2.35. The SMILES string of the molecule is CS.Cc1cc(C2CC2)nc2cc(C3CCCCN3C(=O)c3ccc(Cl)c(F)c3N)nn12. The number of carbonyl (C=O) groups excluding carboxylic acids is 1. The van der Waals surface area contributed by atoms with Crippen LogP contribution in [0.15, 0.2) is 24.3 Å². The molecule has 5 rings (SSSR count). The largest absolute Gasteiger partial charge is 0.396 e. The van der Waals surface area contributed by atoms with Crippen molar-refractivity contribution in [3.63, 3.8) is 0 Å². The Bertz CT molecular complexity index is 1160. The molecule has 1 atom stereocenters. The lowest BCUT2D eigenvalue weighted by Crippen LogP contribution is -2.39. The average molecular weight is 476 g/mol. The van der Waals surface area contributed by atoms with Crippen molar-refractivity contribution in [2.45, 2.75) is 51.0 Å². The number of piperidine rings is 1. The van der Waals surface area contributed by atoms with Gasteiger partial charge in [-0.3, -0.25) is 4.79 Å². The molecule has 1 aliphatic carbocycles. The van der Waals surface area contributed by atoms with Gasteiger partial charge in [-0.2, -0.15) is 17.7 Å². The summed E-state index contributed by atoms with van der Waals surface area (Å²) in [6.07, 6.45) is 6.74. The molecule has 1 saturated carbocycles. The van der Waals surface area contributed by atoms with Crippen LogP contribution in [-0.4, -0.2) is 38.2 Å². The maximum absolute atomic E-state index is 14.2. The number of nitrogens with two attached hydrogens (primary N) is 1. The van der Waals surface area contributed by atoms with Crippen molar-refractivity contribution in [3.8, 4) is 0 Å². The van der Waals surface area contributed by atoms with E-state index in [4.69, 9.17) is 27.4 Å². The minimum absolute atomic E-state index is 0.0902. The van der Waals surface area contributed by atoms with Gasteiger partial charge >= 0.3 is 0 Å². The molecule has 32 heavy (non-hydrogen) atoms. The van der Waals surface area contributed by atoms with Crippen LogP contribution in [0.5, 0.6) is 0 Å². The molecule has 3 aromatic rings. The number of halogens is 2. The monoisotopic (exact) mass is 475 g/mol. The molecule has 0 radical (unpaired) electrons. The molecule has 1 unspecified atom stereocenters. The van der Waals surface area contributed by atoms with E-state index in [1.54, 1.807) is 11.2 Å². The highest BCUT2D eigenvalue weighted by molar-refractivity contribution is 7.79. The highest BCUT2D eigenvalue weighted by Crippen LogP contribution is 2.40. The van der Waals surface area contributed by atoms with Gasteiger partial charge in [0.2, 0.25) is 0 Å². The molecule has 1 amide bonds. The van der Waals surface area contributed by atoms with E-state index in [1.807, 2.05) is 17.5 Å². The van der Waals surface area contributed by atoms with E-state index in [9.17, 15) is 9.18 Å². The van der Waals surface area contributed by atoms with Gasteiger partial charge in [-0.25, -0.2) is 13.9 Å². The molecular formula is C23H27ClFN5OS. The number of aromatic nitrogens is 3. The van der Waals surface area contributed by atoms with E-state index in [-0.39, 0.29) is 28.2 Å². The van der Waals surface area contributed by atoms with Gasteiger partial charge in [0.05, 0.1) is 28.0 Å². The highest BCUT2D eigenvalue weighted by Gasteiger charge is 2.33. The van der Waals surface area contributed by atoms with Gasteiger partial charge in [-0.1, -0.05) is 11.6 Å². The zero-order chi connectivity index (χ0) is 23.0. The Kier molecular flexibility index (Phi) is 6.62. The van der Waals surface area contributed by atoms with Gasteiger partial charge in [-0.15, -0.1) is 0 Å². The first kappa shape index (κ1) is 22.9. The first-order valence-corrected chi connectivity index (χ1v) is 12.1. The summed E-state index contributed by atoms with van der Waals surface area (Å²) in [4.78, 5) is 19.8. The van der Waals surface area contributed by atoms with Crippen LogP contribution in [0.25, 0.3) is 5.65 Å². The van der Waals surface area contributed by atoms with E-state index in [0.29, 0.717) is 12.5 Å². The quantitative estimate of drug-likeness (QED) is 0.403. The van der Waals surface area contributed by atoms with Gasteiger partial charge in [-0.05, 0) is 63.5 Å². The molecule has 2 aromatic heterocycles. The van der Waals surface area contributed by atoms with Gasteiger partial charge < -0.3 is 10.6 Å². The number of aryl methyl sites for hydroxylation is 1. The van der Waals surface area contributed by atoms with Crippen molar-refractivity contribution in [1.29, 1.82) is 0 Å². The number of rotatable bonds is 3. The van der Waals surface area contributed by atoms with E-state index in [0.717, 1.165) is 42.0 Å². The zero-order valence-electron chi connectivity index (χ0n) is 18.2. The molecule has 0 spiro atoms. The summed E-state index contributed by atoms with van der Waals surface area (Å²) >= 11 is 9.33. The molecule has 1 aromatic carbocycles. The maximum atomic E-state index is 14.2. The first-order valence-electron chi connectivity index (χ1n) is 10.8. The Balaban J connectivity index is 0.00000119. The number of nitrogens with zero attached hydrogens (tertiary/aromatic N) is 4. The summed E-state index contributed by atoms with van der Waals surface area (Å²) in [6, 6.07) is 6.74. The fourth-order valence-electron chi connectivity index (χ4n) is 4.31. The van der Waals surface area contributed by atoms with E-state index >= 15 is 0 Å². The molecular weight excluding hydrogens is 449 g/mol. The third kappa shape index (κ3) is 4.18. The number of carbonyl (C=O) groups is 1. The fraction of sp³-hybridized carbons (Fsp3) is 0.435. The highest BCUT2D eigenvalue weighted by atomic mass is 35.5. The van der Waals surface area contributed by atoms with Crippen molar-refractivity contribution in [2.75, 3.05) is 18.5 Å². The predicted octanol–water partition coefficient (Wildman–Crippen LogP) is 5.20. The minimum atomic E-state index is -0.753. The minimum Gasteiger partial charge on any atom is -0.396 e. The number of benzene rings is 1. The third-order valence-electron chi connectivity index (χ3n) is 6.11. The second kappa shape index (κ2) is 9.27. The van der Waals surface area contributed by atoms with Gasteiger partial charge in [0.1, 0.15) is 0 Å². The van der Waals surface area contributed by atoms with Crippen molar-refractivity contribution in [2.24, 2.45) is 0 Å². The second-order valence-electron chi connectivity index (χ2n) is 8.27. The van der Waals surface area contributed by atoms with Crippen LogP contribution in [0.3, 0.4) is 0 Å². The number of amides is 1. The standard InChI is InChI=1S/C22H23ClFN5O.CH4S/c1-12-10-16(13-5-6-13)26-19-11-17(27-29(12)19)18-4-2-3-9-28(18)22(30)14-7-8-15(23)20(24)21(14)25;1-2/h7-8,10-11,13,18H,2-6,9,25H2,1H3;2H,1H3. The van der Waals surface area contributed by atoms with Crippen molar-refractivity contribution in [3.05, 3.63) is 57.8 Å². The summed E-state index contributed by atoms with van der Waals surface area (Å²) in [7, 11) is 0.